The van der Waals surface area contributed by atoms with Gasteiger partial charge in [0.05, 0.1) is 11.5 Å². The minimum atomic E-state index is -0.461. The third kappa shape index (κ3) is 2.37. The van der Waals surface area contributed by atoms with E-state index in [0.717, 1.165) is 23.7 Å². The van der Waals surface area contributed by atoms with Crippen LogP contribution < -0.4 is 0 Å². The molecule has 0 aromatic rings. The van der Waals surface area contributed by atoms with E-state index in [-0.39, 0.29) is 5.97 Å². The lowest BCUT2D eigenvalue weighted by molar-refractivity contribution is -0.206. The zero-order valence-electron chi connectivity index (χ0n) is 15.1. The van der Waals surface area contributed by atoms with Gasteiger partial charge < -0.3 is 9.47 Å². The SMILES string of the molecule is CC(OC(=O)C(C)(C)C)OC1CCC23CCC1C2C1CCC3C1. The molecule has 7 unspecified atom stereocenters. The maximum absolute atomic E-state index is 12.1. The van der Waals surface area contributed by atoms with Crippen LogP contribution in [0.3, 0.4) is 0 Å². The van der Waals surface area contributed by atoms with E-state index in [9.17, 15) is 4.79 Å². The smallest absolute Gasteiger partial charge is 0.313 e. The number of rotatable bonds is 3. The minimum Gasteiger partial charge on any atom is -0.436 e. The first-order chi connectivity index (χ1) is 10.8. The molecule has 0 spiro atoms. The van der Waals surface area contributed by atoms with Crippen molar-refractivity contribution < 1.29 is 14.3 Å². The second-order valence-corrected chi connectivity index (χ2v) is 9.67. The Morgan fingerprint density at radius 2 is 1.87 bits per heavy atom. The molecule has 0 saturated heterocycles. The summed E-state index contributed by atoms with van der Waals surface area (Å²) < 4.78 is 11.8. The monoisotopic (exact) mass is 320 g/mol. The Bertz CT molecular complexity index is 494. The van der Waals surface area contributed by atoms with Gasteiger partial charge in [0.1, 0.15) is 0 Å². The lowest BCUT2D eigenvalue weighted by Crippen LogP contribution is -2.44. The maximum atomic E-state index is 12.1. The van der Waals surface area contributed by atoms with Crippen LogP contribution in [0, 0.1) is 34.5 Å². The fourth-order valence-corrected chi connectivity index (χ4v) is 6.68. The average molecular weight is 320 g/mol. The highest BCUT2D eigenvalue weighted by Gasteiger charge is 2.65. The molecule has 130 valence electrons. The summed E-state index contributed by atoms with van der Waals surface area (Å²) in [5.41, 5.74) is 0.218. The van der Waals surface area contributed by atoms with E-state index in [0.29, 0.717) is 11.5 Å². The Hall–Kier alpha value is -0.570. The summed E-state index contributed by atoms with van der Waals surface area (Å²) in [6.45, 7) is 7.57. The van der Waals surface area contributed by atoms with Crippen molar-refractivity contribution in [1.29, 1.82) is 0 Å². The van der Waals surface area contributed by atoms with Crippen LogP contribution in [0.25, 0.3) is 0 Å². The molecule has 4 saturated carbocycles. The van der Waals surface area contributed by atoms with Crippen LogP contribution in [0.2, 0.25) is 0 Å². The average Bonchev–Trinajstić information content (AvgIpc) is 3.12. The van der Waals surface area contributed by atoms with Gasteiger partial charge >= 0.3 is 5.97 Å². The Morgan fingerprint density at radius 1 is 1.13 bits per heavy atom. The number of carbonyl (C=O) groups excluding carboxylic acids is 1. The van der Waals surface area contributed by atoms with Gasteiger partial charge in [0.15, 0.2) is 6.29 Å². The van der Waals surface area contributed by atoms with Crippen LogP contribution in [-0.4, -0.2) is 18.4 Å². The number of hydrogen-bond acceptors (Lipinski definition) is 3. The molecule has 0 aliphatic heterocycles. The molecule has 0 heterocycles. The molecule has 7 atom stereocenters. The highest BCUT2D eigenvalue weighted by atomic mass is 16.7. The van der Waals surface area contributed by atoms with Crippen molar-refractivity contribution in [3.63, 3.8) is 0 Å². The van der Waals surface area contributed by atoms with Crippen LogP contribution >= 0.6 is 0 Å². The number of esters is 1. The molecule has 23 heavy (non-hydrogen) atoms. The maximum Gasteiger partial charge on any atom is 0.313 e. The molecule has 4 aliphatic rings. The van der Waals surface area contributed by atoms with Crippen molar-refractivity contribution in [3.8, 4) is 0 Å². The second-order valence-electron chi connectivity index (χ2n) is 9.67. The molecule has 4 bridgehead atoms. The summed E-state index contributed by atoms with van der Waals surface area (Å²) in [5, 5.41) is 0. The summed E-state index contributed by atoms with van der Waals surface area (Å²) in [4.78, 5) is 12.1. The van der Waals surface area contributed by atoms with E-state index in [1.165, 1.54) is 44.9 Å². The van der Waals surface area contributed by atoms with Crippen molar-refractivity contribution in [1.82, 2.24) is 0 Å². The lowest BCUT2D eigenvalue weighted by Gasteiger charge is -2.47. The number of carbonyl (C=O) groups is 1. The largest absolute Gasteiger partial charge is 0.436 e. The van der Waals surface area contributed by atoms with Crippen LogP contribution in [0.5, 0.6) is 0 Å². The van der Waals surface area contributed by atoms with E-state index in [4.69, 9.17) is 9.47 Å². The summed E-state index contributed by atoms with van der Waals surface area (Å²) >= 11 is 0. The highest BCUT2D eigenvalue weighted by molar-refractivity contribution is 5.75. The highest BCUT2D eigenvalue weighted by Crippen LogP contribution is 2.72. The van der Waals surface area contributed by atoms with Crippen molar-refractivity contribution in [2.75, 3.05) is 0 Å². The van der Waals surface area contributed by atoms with E-state index in [2.05, 4.69) is 0 Å². The summed E-state index contributed by atoms with van der Waals surface area (Å²) in [6.07, 6.45) is 9.59. The predicted molar refractivity (Wildman–Crippen MR) is 88.6 cm³/mol. The second kappa shape index (κ2) is 5.21. The van der Waals surface area contributed by atoms with Gasteiger partial charge in [0.2, 0.25) is 0 Å². The van der Waals surface area contributed by atoms with Gasteiger partial charge in [-0.15, -0.1) is 0 Å². The van der Waals surface area contributed by atoms with Crippen molar-refractivity contribution in [3.05, 3.63) is 0 Å². The Morgan fingerprint density at radius 3 is 2.61 bits per heavy atom. The first kappa shape index (κ1) is 15.9. The molecule has 4 rings (SSSR count). The Labute approximate surface area is 140 Å². The zero-order valence-corrected chi connectivity index (χ0v) is 15.1. The minimum absolute atomic E-state index is 0.165. The molecule has 3 heteroatoms. The summed E-state index contributed by atoms with van der Waals surface area (Å²) in [5.74, 6) is 3.44. The fourth-order valence-electron chi connectivity index (χ4n) is 6.68. The molecule has 4 fully saturated rings. The van der Waals surface area contributed by atoms with Gasteiger partial charge in [-0.05, 0) is 102 Å². The summed E-state index contributed by atoms with van der Waals surface area (Å²) in [6, 6.07) is 0. The molecular weight excluding hydrogens is 288 g/mol. The molecule has 0 aromatic carbocycles. The molecule has 3 nitrogen and oxygen atoms in total. The molecule has 4 aliphatic carbocycles. The van der Waals surface area contributed by atoms with E-state index in [1.807, 2.05) is 27.7 Å². The number of ether oxygens (including phenoxy) is 2. The predicted octanol–water partition coefficient (Wildman–Crippen LogP) is 4.54. The van der Waals surface area contributed by atoms with Crippen LogP contribution in [0.15, 0.2) is 0 Å². The molecule has 0 amide bonds. The quantitative estimate of drug-likeness (QED) is 0.565. The topological polar surface area (TPSA) is 35.5 Å². The molecule has 0 N–H and O–H groups in total. The molecule has 0 aromatic heterocycles. The Kier molecular flexibility index (Phi) is 3.61. The van der Waals surface area contributed by atoms with Gasteiger partial charge in [-0.1, -0.05) is 0 Å². The van der Waals surface area contributed by atoms with Crippen molar-refractivity contribution in [2.45, 2.75) is 85.0 Å². The van der Waals surface area contributed by atoms with Crippen LogP contribution in [0.4, 0.5) is 0 Å². The van der Waals surface area contributed by atoms with E-state index < -0.39 is 11.7 Å². The van der Waals surface area contributed by atoms with Crippen molar-refractivity contribution >= 4 is 5.97 Å². The van der Waals surface area contributed by atoms with Gasteiger partial charge in [-0.25, -0.2) is 0 Å². The van der Waals surface area contributed by atoms with Gasteiger partial charge in [-0.3, -0.25) is 4.79 Å². The van der Waals surface area contributed by atoms with Crippen LogP contribution in [0.1, 0.15) is 72.6 Å². The summed E-state index contributed by atoms with van der Waals surface area (Å²) in [7, 11) is 0. The first-order valence-corrected chi connectivity index (χ1v) is 9.68. The van der Waals surface area contributed by atoms with Gasteiger partial charge in [-0.2, -0.15) is 0 Å². The zero-order chi connectivity index (χ0) is 16.4. The van der Waals surface area contributed by atoms with Gasteiger partial charge in [0.25, 0.3) is 0 Å². The Balaban J connectivity index is 1.41. The standard InChI is InChI=1S/C20H32O3/c1-12(23-18(21)19(2,3)4)22-16-8-10-20-9-7-15(16)17(20)13-5-6-14(20)11-13/h12-17H,5-11H2,1-4H3. The molecular formula is C20H32O3. The third-order valence-corrected chi connectivity index (χ3v) is 7.49. The number of hydrogen-bond donors (Lipinski definition) is 0. The van der Waals surface area contributed by atoms with Crippen LogP contribution in [-0.2, 0) is 14.3 Å². The first-order valence-electron chi connectivity index (χ1n) is 9.68. The fraction of sp³-hybridized carbons (Fsp3) is 0.950. The normalized spacial score (nSPS) is 45.8. The molecule has 0 radical (unpaired) electrons. The van der Waals surface area contributed by atoms with E-state index in [1.54, 1.807) is 0 Å². The third-order valence-electron chi connectivity index (χ3n) is 7.49. The number of fused-ring (bicyclic) bond motifs is 2. The van der Waals surface area contributed by atoms with E-state index >= 15 is 0 Å². The van der Waals surface area contributed by atoms with Gasteiger partial charge in [0, 0.05) is 0 Å². The lowest BCUT2D eigenvalue weighted by atomic mass is 9.60. The van der Waals surface area contributed by atoms with Crippen molar-refractivity contribution in [2.24, 2.45) is 34.5 Å².